The summed E-state index contributed by atoms with van der Waals surface area (Å²) < 4.78 is 46.5. The molecule has 3 N–H and O–H groups in total. The van der Waals surface area contributed by atoms with Crippen molar-refractivity contribution in [3.05, 3.63) is 100 Å². The summed E-state index contributed by atoms with van der Waals surface area (Å²) in [5.41, 5.74) is 0.156. The molecule has 8 nitrogen and oxygen atoms in total. The van der Waals surface area contributed by atoms with Gasteiger partial charge in [-0.05, 0) is 43.3 Å². The Morgan fingerprint density at radius 2 is 1.88 bits per heavy atom. The molecule has 0 saturated carbocycles. The Morgan fingerprint density at radius 1 is 1.12 bits per heavy atom. The molecule has 0 saturated heterocycles. The highest BCUT2D eigenvalue weighted by Crippen LogP contribution is 2.41. The number of halogens is 3. The lowest BCUT2D eigenvalue weighted by molar-refractivity contribution is -0.137. The first-order valence-electron chi connectivity index (χ1n) is 12.1. The number of nitrogens with zero attached hydrogens (tertiary/aromatic N) is 2. The molecule has 2 amide bonds. The van der Waals surface area contributed by atoms with Crippen LogP contribution in [0.3, 0.4) is 0 Å². The molecule has 1 aliphatic rings. The highest BCUT2D eigenvalue weighted by Gasteiger charge is 2.37. The number of nitriles is 1. The molecule has 2 aromatic carbocycles. The van der Waals surface area contributed by atoms with Crippen LogP contribution in [-0.4, -0.2) is 22.6 Å². The molecule has 0 spiro atoms. The fourth-order valence-electron chi connectivity index (χ4n) is 4.32. The molecule has 13 heteroatoms. The van der Waals surface area contributed by atoms with E-state index in [9.17, 15) is 28.0 Å². The van der Waals surface area contributed by atoms with E-state index in [1.807, 2.05) is 24.3 Å². The van der Waals surface area contributed by atoms with Crippen molar-refractivity contribution in [2.75, 3.05) is 16.4 Å². The monoisotopic (exact) mass is 595 g/mol. The van der Waals surface area contributed by atoms with Crippen LogP contribution in [0.2, 0.25) is 0 Å². The van der Waals surface area contributed by atoms with Gasteiger partial charge in [-0.3, -0.25) is 14.9 Å². The van der Waals surface area contributed by atoms with Gasteiger partial charge in [0, 0.05) is 5.70 Å². The zero-order valence-electron chi connectivity index (χ0n) is 21.2. The molecule has 0 fully saturated rings. The number of hydrogen-bond donors (Lipinski definition) is 3. The third-order valence-electron chi connectivity index (χ3n) is 6.09. The van der Waals surface area contributed by atoms with Crippen LogP contribution in [0.15, 0.2) is 93.2 Å². The molecule has 5 rings (SSSR count). The van der Waals surface area contributed by atoms with Crippen molar-refractivity contribution in [2.24, 2.45) is 0 Å². The second-order valence-corrected chi connectivity index (χ2v) is 10.8. The van der Waals surface area contributed by atoms with Gasteiger partial charge in [0.1, 0.15) is 5.76 Å². The minimum absolute atomic E-state index is 0.119. The number of allylic oxidation sites excluding steroid dienone is 2. The van der Waals surface area contributed by atoms with E-state index < -0.39 is 29.5 Å². The molecule has 3 heterocycles. The van der Waals surface area contributed by atoms with Gasteiger partial charge in [0.15, 0.2) is 5.13 Å². The van der Waals surface area contributed by atoms with Crippen molar-refractivity contribution in [1.82, 2.24) is 10.3 Å². The van der Waals surface area contributed by atoms with E-state index in [4.69, 9.17) is 4.42 Å². The van der Waals surface area contributed by atoms with Crippen LogP contribution in [0.4, 0.5) is 24.0 Å². The summed E-state index contributed by atoms with van der Waals surface area (Å²) in [7, 11) is 0. The Labute approximate surface area is 239 Å². The fraction of sp³-hybridized carbons (Fsp3) is 0.143. The van der Waals surface area contributed by atoms with Gasteiger partial charge >= 0.3 is 6.18 Å². The summed E-state index contributed by atoms with van der Waals surface area (Å²) >= 11 is 2.24. The van der Waals surface area contributed by atoms with Gasteiger partial charge in [0.05, 0.1) is 61.6 Å². The minimum atomic E-state index is -4.64. The SMILES string of the molecule is CC1=C(C(=O)Nc2nc3ccccc3s2)[C@H](c2ccco2)C(C#N)=C(SCC(=O)Nc2ccccc2C(F)(F)F)N1. The van der Waals surface area contributed by atoms with E-state index in [1.54, 1.807) is 19.1 Å². The number of nitrogens with one attached hydrogen (secondary N) is 3. The number of aromatic nitrogens is 1. The lowest BCUT2D eigenvalue weighted by Gasteiger charge is -2.28. The molecule has 1 atom stereocenters. The van der Waals surface area contributed by atoms with E-state index >= 15 is 0 Å². The number of furan rings is 1. The van der Waals surface area contributed by atoms with Gasteiger partial charge in [-0.1, -0.05) is 47.4 Å². The number of thiazole rings is 1. The van der Waals surface area contributed by atoms with Gasteiger partial charge in [0.2, 0.25) is 5.91 Å². The number of anilines is 2. The Bertz CT molecular complexity index is 1700. The standard InChI is InChI=1S/C28H20F3N5O3S2/c1-15-23(25(38)36-27-35-19-9-4-5-11-21(19)41-27)24(20-10-6-12-39-20)16(13-32)26(33-15)40-14-22(37)34-18-8-3-2-7-17(18)28(29,30)31/h2-12,24,33H,14H2,1H3,(H,34,37)(H,35,36,38)/t24-/m0/s1. The molecule has 208 valence electrons. The largest absolute Gasteiger partial charge is 0.468 e. The van der Waals surface area contributed by atoms with Crippen molar-refractivity contribution in [1.29, 1.82) is 5.26 Å². The molecular weight excluding hydrogens is 575 g/mol. The topological polar surface area (TPSA) is 120 Å². The molecule has 0 aliphatic carbocycles. The van der Waals surface area contributed by atoms with Crippen molar-refractivity contribution >= 4 is 55.9 Å². The molecule has 0 unspecified atom stereocenters. The molecule has 2 aromatic heterocycles. The predicted molar refractivity (Wildman–Crippen MR) is 151 cm³/mol. The van der Waals surface area contributed by atoms with Crippen LogP contribution in [0, 0.1) is 11.3 Å². The maximum absolute atomic E-state index is 13.5. The van der Waals surface area contributed by atoms with Gasteiger partial charge in [0.25, 0.3) is 5.91 Å². The van der Waals surface area contributed by atoms with E-state index in [1.165, 1.54) is 35.8 Å². The van der Waals surface area contributed by atoms with Crippen molar-refractivity contribution in [3.8, 4) is 6.07 Å². The Balaban J connectivity index is 1.38. The van der Waals surface area contributed by atoms with Crippen LogP contribution in [0.25, 0.3) is 10.2 Å². The van der Waals surface area contributed by atoms with E-state index in [2.05, 4.69) is 27.0 Å². The number of hydrogen-bond acceptors (Lipinski definition) is 8. The first kappa shape index (κ1) is 28.0. The van der Waals surface area contributed by atoms with Gasteiger partial charge < -0.3 is 15.1 Å². The summed E-state index contributed by atoms with van der Waals surface area (Å²) in [6.45, 7) is 1.65. The average molecular weight is 596 g/mol. The summed E-state index contributed by atoms with van der Waals surface area (Å²) in [5.74, 6) is -2.06. The number of alkyl halides is 3. The number of para-hydroxylation sites is 2. The lowest BCUT2D eigenvalue weighted by Crippen LogP contribution is -2.31. The van der Waals surface area contributed by atoms with Crippen LogP contribution < -0.4 is 16.0 Å². The molecule has 4 aromatic rings. The summed E-state index contributed by atoms with van der Waals surface area (Å²) in [4.78, 5) is 30.6. The minimum Gasteiger partial charge on any atom is -0.468 e. The van der Waals surface area contributed by atoms with Gasteiger partial charge in [-0.2, -0.15) is 18.4 Å². The number of fused-ring (bicyclic) bond motifs is 1. The number of carbonyl (C=O) groups excluding carboxylic acids is 2. The maximum Gasteiger partial charge on any atom is 0.418 e. The molecule has 0 radical (unpaired) electrons. The van der Waals surface area contributed by atoms with Crippen molar-refractivity contribution in [2.45, 2.75) is 19.0 Å². The zero-order valence-corrected chi connectivity index (χ0v) is 22.8. The lowest BCUT2D eigenvalue weighted by atomic mass is 9.85. The second-order valence-electron chi connectivity index (χ2n) is 8.79. The number of carbonyl (C=O) groups is 2. The summed E-state index contributed by atoms with van der Waals surface area (Å²) in [5, 5.41) is 18.9. The maximum atomic E-state index is 13.5. The normalized spacial score (nSPS) is 15.4. The van der Waals surface area contributed by atoms with Crippen LogP contribution in [0.1, 0.15) is 24.2 Å². The first-order valence-corrected chi connectivity index (χ1v) is 13.9. The first-order chi connectivity index (χ1) is 19.7. The number of dihydropyridines is 1. The number of amides is 2. The van der Waals surface area contributed by atoms with E-state index in [-0.39, 0.29) is 27.6 Å². The third-order valence-corrected chi connectivity index (χ3v) is 8.06. The zero-order chi connectivity index (χ0) is 29.1. The highest BCUT2D eigenvalue weighted by molar-refractivity contribution is 8.03. The summed E-state index contributed by atoms with van der Waals surface area (Å²) in [6, 6.07) is 17.5. The smallest absolute Gasteiger partial charge is 0.418 e. The van der Waals surface area contributed by atoms with Crippen LogP contribution in [-0.2, 0) is 15.8 Å². The average Bonchev–Trinajstić information content (AvgIpc) is 3.61. The van der Waals surface area contributed by atoms with Crippen molar-refractivity contribution in [3.63, 3.8) is 0 Å². The van der Waals surface area contributed by atoms with Crippen LogP contribution in [0.5, 0.6) is 0 Å². The highest BCUT2D eigenvalue weighted by atomic mass is 32.2. The number of benzene rings is 2. The van der Waals surface area contributed by atoms with Gasteiger partial charge in [-0.25, -0.2) is 4.98 Å². The third kappa shape index (κ3) is 5.98. The predicted octanol–water partition coefficient (Wildman–Crippen LogP) is 6.61. The number of rotatable bonds is 7. The quantitative estimate of drug-likeness (QED) is 0.220. The molecule has 41 heavy (non-hydrogen) atoms. The summed E-state index contributed by atoms with van der Waals surface area (Å²) in [6.07, 6.45) is -3.22. The van der Waals surface area contributed by atoms with Gasteiger partial charge in [-0.15, -0.1) is 0 Å². The molecule has 0 bridgehead atoms. The second kappa shape index (κ2) is 11.5. The Hall–Kier alpha value is -4.54. The van der Waals surface area contributed by atoms with Crippen molar-refractivity contribution < 1.29 is 27.2 Å². The molecular formula is C28H20F3N5O3S2. The van der Waals surface area contributed by atoms with E-state index in [0.717, 1.165) is 28.0 Å². The Kier molecular flexibility index (Phi) is 7.87. The fourth-order valence-corrected chi connectivity index (χ4v) is 6.07. The Morgan fingerprint density at radius 3 is 2.59 bits per heavy atom. The number of thioether (sulfide) groups is 1. The molecule has 1 aliphatic heterocycles. The van der Waals surface area contributed by atoms with E-state index in [0.29, 0.717) is 16.6 Å². The van der Waals surface area contributed by atoms with Crippen LogP contribution >= 0.6 is 23.1 Å².